The predicted molar refractivity (Wildman–Crippen MR) is 435 cm³/mol. The number of benzene rings is 2. The van der Waals surface area contributed by atoms with Gasteiger partial charge < -0.3 is 131 Å². The second kappa shape index (κ2) is 49.9. The standard InChI is InChI=1S/C74H99N19O28S2/c1-2-47(97)46(33-123-122-22-21-121-56(107)20-16-45(72(119)120)88-67(113)35-5-9-38(10-6-35)78-25-40-27-82-64-57(84-40)63(75)90-73(76)91-64)89-69(115)37(8-18-54(104)81-30-50(100)60(109)62(111)52(102)32-95)24-48(98)43(15-19-55(105)106)86-68(114)36(7-17-53(103)80-29-49(99)59(108)61(110)51(101)31-94)23-42(96)13-14-44(71(117)118)87-66(112)34-3-11-39(12-4-34)79-26-41-28-83-65-58(85-41)70(116)93-74(77)92-65/h3-6,9-12,27-28,36-37,43-46,49-52,59-62,78-79,94-95,99-102,108-111H,2,7-8,13-26,29-33H2,1H3,(H,80,103)(H,81,104)(H,86,114)(H,87,112)(H,88,113)(H,89,115)(H,105,106)(H,117,118)(H,119,120)(H4,75,76,82,90,91)(H3,77,83,92,93,116)/t36-,37-,43+,44+,45+,46+,49+,50+,51-,52-,59-,60-,61-,62-/m1/s1. The van der Waals surface area contributed by atoms with Crippen LogP contribution in [0.5, 0.6) is 0 Å². The molecule has 28 N–H and O–H groups in total. The first-order valence-electron chi connectivity index (χ1n) is 38.2. The van der Waals surface area contributed by atoms with Crippen LogP contribution < -0.4 is 65.3 Å². The van der Waals surface area contributed by atoms with Gasteiger partial charge in [-0.1, -0.05) is 28.5 Å². The summed E-state index contributed by atoms with van der Waals surface area (Å²) in [6.45, 7) is -2.26. The summed E-state index contributed by atoms with van der Waals surface area (Å²) in [6.07, 6.45) is -21.7. The number of aliphatic hydroxyl groups is 10. The Bertz CT molecular complexity index is 4720. The average Bonchev–Trinajstić information content (AvgIpc) is 0.813. The van der Waals surface area contributed by atoms with Crippen LogP contribution in [0.1, 0.15) is 122 Å². The van der Waals surface area contributed by atoms with Crippen molar-refractivity contribution in [1.29, 1.82) is 0 Å². The number of H-pyrrole nitrogens is 1. The molecule has 6 aromatic rings. The maximum Gasteiger partial charge on any atom is 0.326 e. The van der Waals surface area contributed by atoms with Gasteiger partial charge in [0.05, 0.1) is 74.4 Å². The number of hydrogen-bond donors (Lipinski definition) is 25. The molecular formula is C74H99N19O28S2. The highest BCUT2D eigenvalue weighted by atomic mass is 33.1. The van der Waals surface area contributed by atoms with Crippen LogP contribution in [0.4, 0.5) is 29.1 Å². The minimum absolute atomic E-state index is 0.00967. The van der Waals surface area contributed by atoms with Crippen LogP contribution in [0.3, 0.4) is 0 Å². The summed E-state index contributed by atoms with van der Waals surface area (Å²) < 4.78 is 5.28. The molecule has 49 heteroatoms. The summed E-state index contributed by atoms with van der Waals surface area (Å²) in [5, 5.41) is 150. The van der Waals surface area contributed by atoms with Gasteiger partial charge in [-0.25, -0.2) is 29.5 Å². The van der Waals surface area contributed by atoms with E-state index in [1.807, 2.05) is 0 Å². The molecule has 14 atom stereocenters. The number of carbonyl (C=O) groups excluding carboxylic acids is 10. The number of nitrogens with two attached hydrogens (primary N) is 3. The Labute approximate surface area is 706 Å². The third kappa shape index (κ3) is 32.8. The fraction of sp³-hybridized carbons (Fsp3) is 0.500. The molecule has 670 valence electrons. The molecule has 4 aromatic heterocycles. The normalized spacial score (nSPS) is 14.8. The summed E-state index contributed by atoms with van der Waals surface area (Å²) in [7, 11) is 2.06. The van der Waals surface area contributed by atoms with E-state index in [4.69, 9.17) is 21.9 Å². The molecule has 0 saturated heterocycles. The number of carbonyl (C=O) groups is 13. The van der Waals surface area contributed by atoms with E-state index in [0.29, 0.717) is 22.8 Å². The Hall–Kier alpha value is -11.9. The van der Waals surface area contributed by atoms with Crippen LogP contribution in [0.15, 0.2) is 65.7 Å². The molecule has 6 amide bonds. The number of carboxylic acid groups (broad SMARTS) is 3. The number of aliphatic carboxylic acids is 3. The number of Topliss-reactive ketones (excluding diaryl/α,β-unsaturated/α-hetero) is 3. The third-order valence-corrected chi connectivity index (χ3v) is 21.1. The van der Waals surface area contributed by atoms with E-state index in [0.717, 1.165) is 21.6 Å². The van der Waals surface area contributed by atoms with Crippen molar-refractivity contribution in [2.45, 2.75) is 176 Å². The number of hydrogen-bond acceptors (Lipinski definition) is 39. The second-order valence-corrected chi connectivity index (χ2v) is 30.6. The summed E-state index contributed by atoms with van der Waals surface area (Å²) in [6, 6.07) is 5.05. The monoisotopic (exact) mass is 1770 g/mol. The Balaban J connectivity index is 1.10. The van der Waals surface area contributed by atoms with Crippen LogP contribution in [0.2, 0.25) is 0 Å². The highest BCUT2D eigenvalue weighted by Crippen LogP contribution is 2.26. The van der Waals surface area contributed by atoms with Gasteiger partial charge in [-0.15, -0.1) is 0 Å². The molecule has 0 saturated carbocycles. The van der Waals surface area contributed by atoms with Crippen LogP contribution in [0.25, 0.3) is 22.3 Å². The summed E-state index contributed by atoms with van der Waals surface area (Å²) in [4.78, 5) is 218. The minimum atomic E-state index is -2.13. The molecule has 0 aliphatic heterocycles. The zero-order valence-corrected chi connectivity index (χ0v) is 67.7. The van der Waals surface area contributed by atoms with Crippen molar-refractivity contribution in [3.05, 3.63) is 93.8 Å². The molecule has 0 unspecified atom stereocenters. The number of rotatable bonds is 56. The molecule has 123 heavy (non-hydrogen) atoms. The smallest absolute Gasteiger partial charge is 0.326 e. The van der Waals surface area contributed by atoms with Gasteiger partial charge in [0.25, 0.3) is 17.4 Å². The minimum Gasteiger partial charge on any atom is -0.481 e. The number of aliphatic hydroxyl groups excluding tert-OH is 10. The van der Waals surface area contributed by atoms with Gasteiger partial charge in [0.1, 0.15) is 61.1 Å². The van der Waals surface area contributed by atoms with E-state index >= 15 is 0 Å². The summed E-state index contributed by atoms with van der Waals surface area (Å²) in [5.74, 6) is -17.5. The Morgan fingerprint density at radius 3 is 1.46 bits per heavy atom. The van der Waals surface area contributed by atoms with Crippen LogP contribution in [0, 0.1) is 11.8 Å². The van der Waals surface area contributed by atoms with Crippen molar-refractivity contribution in [2.75, 3.05) is 72.3 Å². The van der Waals surface area contributed by atoms with Crippen molar-refractivity contribution >= 4 is 150 Å². The number of nitrogens with zero attached hydrogens (tertiary/aromatic N) is 7. The molecule has 0 bridgehead atoms. The van der Waals surface area contributed by atoms with Crippen molar-refractivity contribution in [3.8, 4) is 0 Å². The van der Waals surface area contributed by atoms with Gasteiger partial charge in [0, 0.05) is 110 Å². The number of anilines is 5. The number of aromatic nitrogens is 8. The van der Waals surface area contributed by atoms with Crippen molar-refractivity contribution < 1.29 is 133 Å². The van der Waals surface area contributed by atoms with Gasteiger partial charge >= 0.3 is 23.9 Å². The maximum absolute atomic E-state index is 14.7. The van der Waals surface area contributed by atoms with Crippen LogP contribution in [-0.2, 0) is 70.6 Å². The molecule has 4 heterocycles. The molecule has 0 spiro atoms. The average molecular weight is 1770 g/mol. The Morgan fingerprint density at radius 1 is 0.504 bits per heavy atom. The van der Waals surface area contributed by atoms with Crippen molar-refractivity contribution in [3.63, 3.8) is 0 Å². The maximum atomic E-state index is 14.7. The van der Waals surface area contributed by atoms with Crippen molar-refractivity contribution in [2.24, 2.45) is 11.8 Å². The molecule has 0 fully saturated rings. The highest BCUT2D eigenvalue weighted by molar-refractivity contribution is 8.76. The summed E-state index contributed by atoms with van der Waals surface area (Å²) in [5.41, 5.74) is 18.7. The van der Waals surface area contributed by atoms with Crippen LogP contribution in [-0.4, -0.2) is 300 Å². The lowest BCUT2D eigenvalue weighted by Crippen LogP contribution is -2.50. The van der Waals surface area contributed by atoms with Gasteiger partial charge in [-0.2, -0.15) is 15.0 Å². The molecule has 2 aromatic carbocycles. The Morgan fingerprint density at radius 2 is 0.967 bits per heavy atom. The zero-order valence-electron chi connectivity index (χ0n) is 66.0. The number of amides is 6. The lowest BCUT2D eigenvalue weighted by molar-refractivity contribution is -0.144. The van der Waals surface area contributed by atoms with E-state index in [-0.39, 0.29) is 95.2 Å². The molecule has 0 aliphatic rings. The summed E-state index contributed by atoms with van der Waals surface area (Å²) >= 11 is 0. The molecular weight excluding hydrogens is 1670 g/mol. The number of nitrogens with one attached hydrogen (secondary N) is 9. The van der Waals surface area contributed by atoms with E-state index in [2.05, 4.69) is 82.4 Å². The number of aromatic amines is 1. The lowest BCUT2D eigenvalue weighted by Gasteiger charge is -2.26. The van der Waals surface area contributed by atoms with Crippen LogP contribution >= 0.6 is 21.6 Å². The van der Waals surface area contributed by atoms with E-state index < -0.39 is 264 Å². The lowest BCUT2D eigenvalue weighted by atomic mass is 9.90. The largest absolute Gasteiger partial charge is 0.481 e. The fourth-order valence-electron chi connectivity index (χ4n) is 11.6. The molecule has 0 radical (unpaired) electrons. The van der Waals surface area contributed by atoms with Gasteiger partial charge in [0.2, 0.25) is 35.5 Å². The number of esters is 1. The Kier molecular flexibility index (Phi) is 40.5. The highest BCUT2D eigenvalue weighted by Gasteiger charge is 2.36. The number of nitrogen functional groups attached to an aromatic ring is 3. The van der Waals surface area contributed by atoms with Gasteiger partial charge in [0.15, 0.2) is 39.7 Å². The van der Waals surface area contributed by atoms with Gasteiger partial charge in [-0.3, -0.25) is 62.5 Å². The fourth-order valence-corrected chi connectivity index (χ4v) is 13.6. The number of carboxylic acids is 3. The quantitative estimate of drug-likeness (QED) is 0.00963. The second-order valence-electron chi connectivity index (χ2n) is 27.9. The number of ketones is 3. The third-order valence-electron chi connectivity index (χ3n) is 18.7. The number of fused-ring (bicyclic) bond motifs is 2. The van der Waals surface area contributed by atoms with Crippen molar-refractivity contribution in [1.82, 2.24) is 71.8 Å². The molecule has 6 rings (SSSR count). The first-order chi connectivity index (χ1) is 58.4. The zero-order chi connectivity index (χ0) is 90.7. The van der Waals surface area contributed by atoms with E-state index in [9.17, 15) is 134 Å². The number of ether oxygens (including phenoxy) is 1. The molecule has 47 nitrogen and oxygen atoms in total. The molecule has 0 aliphatic carbocycles. The SMILES string of the molecule is CCC(=O)[C@H](CSSCCOC(=O)CC[C@H](NC(=O)c1ccc(NCc2cnc3nc(N)nc(N)c3n2)cc1)C(=O)O)NC(=O)[C@H](CCC(=O)NC[C@H](O)[C@@H](O)[C@H](O)[C@H](O)CO)CC(=O)[C@H](CCC(=O)O)NC(=O)[C@H](CCC(=O)NC[C@H](O)[C@@H](O)[C@H](O)[C@H](O)CO)CC(=O)CC[C@H](NC(=O)c1ccc(NCc2cnc3nc(N)[nH]c(=O)c3n2)cc1)C(=O)O. The first-order valence-corrected chi connectivity index (χ1v) is 40.7. The van der Waals surface area contributed by atoms with E-state index in [1.54, 1.807) is 12.1 Å². The first kappa shape index (κ1) is 99.9. The predicted octanol–water partition coefficient (Wildman–Crippen LogP) is -5.40. The van der Waals surface area contributed by atoms with Gasteiger partial charge in [-0.05, 0) is 80.6 Å². The topological polar surface area (TPSA) is 792 Å². The van der Waals surface area contributed by atoms with E-state index in [1.165, 1.54) is 55.7 Å².